The van der Waals surface area contributed by atoms with Crippen molar-refractivity contribution in [3.8, 4) is 0 Å². The van der Waals surface area contributed by atoms with Crippen molar-refractivity contribution >= 4 is 34.6 Å². The van der Waals surface area contributed by atoms with Crippen molar-refractivity contribution in [1.29, 1.82) is 0 Å². The van der Waals surface area contributed by atoms with Crippen LogP contribution in [0.15, 0.2) is 48.5 Å². The van der Waals surface area contributed by atoms with Gasteiger partial charge in [-0.05, 0) is 41.5 Å². The van der Waals surface area contributed by atoms with Gasteiger partial charge in [0, 0.05) is 5.03 Å². The van der Waals surface area contributed by atoms with Gasteiger partial charge >= 0.3 is 11.9 Å². The van der Waals surface area contributed by atoms with Gasteiger partial charge in [-0.3, -0.25) is 0 Å². The van der Waals surface area contributed by atoms with E-state index in [1.54, 1.807) is 30.3 Å². The molecule has 2 N–H and O–H groups in total. The maximum atomic E-state index is 10.8. The normalized spacial score (nSPS) is 11.2. The summed E-state index contributed by atoms with van der Waals surface area (Å²) in [5, 5.41) is 18.1. The molecule has 0 aliphatic rings. The molecule has 0 aromatic heterocycles. The predicted molar refractivity (Wildman–Crippen MR) is 80.5 cm³/mol. The minimum atomic E-state index is -0.995. The predicted octanol–water partition coefficient (Wildman–Crippen LogP) is 3.82. The first-order valence-electron chi connectivity index (χ1n) is 6.01. The molecule has 0 aliphatic carbocycles. The Morgan fingerprint density at radius 3 is 1.57 bits per heavy atom. The van der Waals surface area contributed by atoms with E-state index in [-0.39, 0.29) is 11.1 Å². The highest BCUT2D eigenvalue weighted by atomic mass is 35.5. The van der Waals surface area contributed by atoms with Gasteiger partial charge in [0.1, 0.15) is 0 Å². The number of aromatic carboxylic acids is 2. The minimum Gasteiger partial charge on any atom is -0.478 e. The summed E-state index contributed by atoms with van der Waals surface area (Å²) in [6.07, 6.45) is 1.68. The fraction of sp³-hybridized carbons (Fsp3) is 0. The Hall–Kier alpha value is -2.59. The fourth-order valence-corrected chi connectivity index (χ4v) is 1.98. The van der Waals surface area contributed by atoms with Crippen LogP contribution in [-0.4, -0.2) is 22.2 Å². The first-order valence-corrected chi connectivity index (χ1v) is 6.39. The lowest BCUT2D eigenvalue weighted by Gasteiger charge is -2.02. The smallest absolute Gasteiger partial charge is 0.335 e. The molecule has 0 aliphatic heterocycles. The maximum absolute atomic E-state index is 10.8. The largest absolute Gasteiger partial charge is 0.478 e. The number of carbonyl (C=O) groups is 2. The number of rotatable bonds is 4. The highest BCUT2D eigenvalue weighted by molar-refractivity contribution is 6.51. The van der Waals surface area contributed by atoms with Gasteiger partial charge in [-0.25, -0.2) is 9.59 Å². The van der Waals surface area contributed by atoms with Gasteiger partial charge in [0.05, 0.1) is 11.1 Å². The van der Waals surface area contributed by atoms with Crippen LogP contribution in [0.4, 0.5) is 0 Å². The quantitative estimate of drug-likeness (QED) is 0.842. The second-order valence-electron chi connectivity index (χ2n) is 4.30. The number of halogens is 1. The Morgan fingerprint density at radius 1 is 0.762 bits per heavy atom. The lowest BCUT2D eigenvalue weighted by Crippen LogP contribution is -1.95. The van der Waals surface area contributed by atoms with Crippen molar-refractivity contribution in [1.82, 2.24) is 0 Å². The van der Waals surface area contributed by atoms with Crippen LogP contribution < -0.4 is 0 Å². The maximum Gasteiger partial charge on any atom is 0.335 e. The van der Waals surface area contributed by atoms with Gasteiger partial charge in [-0.2, -0.15) is 0 Å². The molecule has 0 atom stereocenters. The molecule has 0 bridgehead atoms. The molecule has 0 amide bonds. The molecule has 2 aromatic rings. The third kappa shape index (κ3) is 3.70. The van der Waals surface area contributed by atoms with E-state index in [9.17, 15) is 9.59 Å². The summed E-state index contributed by atoms with van der Waals surface area (Å²) in [6.45, 7) is 0. The molecule has 0 fully saturated rings. The average molecular weight is 303 g/mol. The van der Waals surface area contributed by atoms with Crippen molar-refractivity contribution in [2.24, 2.45) is 0 Å². The summed E-state index contributed by atoms with van der Waals surface area (Å²) >= 11 is 6.17. The first kappa shape index (κ1) is 14.8. The Morgan fingerprint density at radius 2 is 1.14 bits per heavy atom. The summed E-state index contributed by atoms with van der Waals surface area (Å²) in [7, 11) is 0. The Kier molecular flexibility index (Phi) is 4.40. The molecular weight excluding hydrogens is 292 g/mol. The standard InChI is InChI=1S/C16H11ClO4/c17-14(11-5-7-13(8-6-11)16(20)21)9-10-1-3-12(4-2-10)15(18)19/h1-9H,(H,18,19)(H,20,21)/b14-9-. The van der Waals surface area contributed by atoms with Gasteiger partial charge in [-0.15, -0.1) is 0 Å². The number of hydrogen-bond acceptors (Lipinski definition) is 2. The van der Waals surface area contributed by atoms with E-state index in [0.29, 0.717) is 10.6 Å². The summed E-state index contributed by atoms with van der Waals surface area (Å²) in [4.78, 5) is 21.5. The van der Waals surface area contributed by atoms with Crippen LogP contribution in [0.3, 0.4) is 0 Å². The Labute approximate surface area is 125 Å². The third-order valence-corrected chi connectivity index (χ3v) is 3.19. The second kappa shape index (κ2) is 6.24. The van der Waals surface area contributed by atoms with E-state index < -0.39 is 11.9 Å². The summed E-state index contributed by atoms with van der Waals surface area (Å²) < 4.78 is 0. The van der Waals surface area contributed by atoms with Crippen molar-refractivity contribution in [3.63, 3.8) is 0 Å². The molecule has 2 aromatic carbocycles. The van der Waals surface area contributed by atoms with E-state index in [0.717, 1.165) is 5.56 Å². The zero-order chi connectivity index (χ0) is 15.4. The van der Waals surface area contributed by atoms with E-state index in [4.69, 9.17) is 21.8 Å². The van der Waals surface area contributed by atoms with E-state index >= 15 is 0 Å². The zero-order valence-corrected chi connectivity index (χ0v) is 11.5. The lowest BCUT2D eigenvalue weighted by molar-refractivity contribution is 0.0686. The van der Waals surface area contributed by atoms with Crippen LogP contribution in [0, 0.1) is 0 Å². The van der Waals surface area contributed by atoms with E-state index in [1.807, 2.05) is 0 Å². The summed E-state index contributed by atoms with van der Waals surface area (Å²) in [5.41, 5.74) is 1.83. The monoisotopic (exact) mass is 302 g/mol. The topological polar surface area (TPSA) is 74.6 Å². The molecule has 4 nitrogen and oxygen atoms in total. The summed E-state index contributed by atoms with van der Waals surface area (Å²) in [6, 6.07) is 12.5. The number of hydrogen-bond donors (Lipinski definition) is 2. The van der Waals surface area contributed by atoms with Gasteiger partial charge in [0.15, 0.2) is 0 Å². The zero-order valence-electron chi connectivity index (χ0n) is 10.8. The first-order chi connectivity index (χ1) is 9.97. The Bertz CT molecular complexity index is 700. The molecule has 0 spiro atoms. The van der Waals surface area contributed by atoms with Gasteiger partial charge in [0.2, 0.25) is 0 Å². The molecule has 0 saturated carbocycles. The van der Waals surface area contributed by atoms with Crippen LogP contribution in [0.1, 0.15) is 31.8 Å². The van der Waals surface area contributed by atoms with Crippen LogP contribution >= 0.6 is 11.6 Å². The fourth-order valence-electron chi connectivity index (χ4n) is 1.72. The van der Waals surface area contributed by atoms with Gasteiger partial charge in [0.25, 0.3) is 0 Å². The van der Waals surface area contributed by atoms with Crippen LogP contribution in [0.2, 0.25) is 0 Å². The number of carboxylic acid groups (broad SMARTS) is 2. The van der Waals surface area contributed by atoms with Crippen LogP contribution in [0.5, 0.6) is 0 Å². The highest BCUT2D eigenvalue weighted by Crippen LogP contribution is 2.22. The molecule has 0 saturated heterocycles. The molecular formula is C16H11ClO4. The number of benzene rings is 2. The lowest BCUT2D eigenvalue weighted by atomic mass is 10.1. The third-order valence-electron chi connectivity index (χ3n) is 2.86. The second-order valence-corrected chi connectivity index (χ2v) is 4.71. The average Bonchev–Trinajstić information content (AvgIpc) is 2.47. The van der Waals surface area contributed by atoms with Crippen molar-refractivity contribution in [2.75, 3.05) is 0 Å². The molecule has 2 rings (SSSR count). The molecule has 0 unspecified atom stereocenters. The van der Waals surface area contributed by atoms with E-state index in [2.05, 4.69) is 0 Å². The van der Waals surface area contributed by atoms with Crippen LogP contribution in [-0.2, 0) is 0 Å². The minimum absolute atomic E-state index is 0.189. The van der Waals surface area contributed by atoms with Crippen molar-refractivity contribution in [3.05, 3.63) is 70.8 Å². The SMILES string of the molecule is O=C(O)c1ccc(/C=C(\Cl)c2ccc(C(=O)O)cc2)cc1. The van der Waals surface area contributed by atoms with Gasteiger partial charge < -0.3 is 10.2 Å². The summed E-state index contributed by atoms with van der Waals surface area (Å²) in [5.74, 6) is -1.98. The molecule has 0 heterocycles. The van der Waals surface area contributed by atoms with Crippen LogP contribution in [0.25, 0.3) is 11.1 Å². The van der Waals surface area contributed by atoms with Crippen molar-refractivity contribution in [2.45, 2.75) is 0 Å². The molecule has 106 valence electrons. The molecule has 21 heavy (non-hydrogen) atoms. The van der Waals surface area contributed by atoms with E-state index in [1.165, 1.54) is 24.3 Å². The molecule has 5 heteroatoms. The Balaban J connectivity index is 2.23. The number of carboxylic acids is 2. The van der Waals surface area contributed by atoms with Crippen molar-refractivity contribution < 1.29 is 19.8 Å². The molecule has 0 radical (unpaired) electrons. The van der Waals surface area contributed by atoms with Gasteiger partial charge in [-0.1, -0.05) is 35.9 Å². The highest BCUT2D eigenvalue weighted by Gasteiger charge is 2.05.